The van der Waals surface area contributed by atoms with Crippen molar-refractivity contribution in [3.05, 3.63) is 5.89 Å². The maximum atomic E-state index is 5.78. The van der Waals surface area contributed by atoms with Gasteiger partial charge in [-0.05, 0) is 30.8 Å². The number of anilines is 1. The SMILES string of the molecule is CCCc1nc(NCCCOC2CCCC2)no1. The molecular weight excluding hydrogens is 230 g/mol. The smallest absolute Gasteiger partial charge is 0.263 e. The highest BCUT2D eigenvalue weighted by molar-refractivity contribution is 5.20. The first-order valence-electron chi connectivity index (χ1n) is 7.06. The van der Waals surface area contributed by atoms with E-state index in [0.29, 0.717) is 17.9 Å². The zero-order valence-electron chi connectivity index (χ0n) is 11.2. The van der Waals surface area contributed by atoms with E-state index in [2.05, 4.69) is 22.4 Å². The molecule has 2 rings (SSSR count). The minimum absolute atomic E-state index is 0.506. The maximum Gasteiger partial charge on any atom is 0.263 e. The first-order valence-corrected chi connectivity index (χ1v) is 7.06. The standard InChI is InChI=1S/C13H23N3O2/c1-2-6-12-15-13(16-18-12)14-9-5-10-17-11-7-3-4-8-11/h11H,2-10H2,1H3,(H,14,16). The third-order valence-corrected chi connectivity index (χ3v) is 3.19. The number of ether oxygens (including phenoxy) is 1. The lowest BCUT2D eigenvalue weighted by Crippen LogP contribution is -2.12. The lowest BCUT2D eigenvalue weighted by atomic mass is 10.3. The molecule has 18 heavy (non-hydrogen) atoms. The van der Waals surface area contributed by atoms with Crippen LogP contribution in [0, 0.1) is 0 Å². The van der Waals surface area contributed by atoms with Crippen LogP contribution in [0.5, 0.6) is 0 Å². The molecule has 5 heteroatoms. The number of nitrogens with zero attached hydrogens (tertiary/aromatic N) is 2. The van der Waals surface area contributed by atoms with E-state index >= 15 is 0 Å². The monoisotopic (exact) mass is 253 g/mol. The minimum Gasteiger partial charge on any atom is -0.378 e. The molecule has 0 bridgehead atoms. The van der Waals surface area contributed by atoms with E-state index in [1.54, 1.807) is 0 Å². The van der Waals surface area contributed by atoms with Crippen molar-refractivity contribution in [1.82, 2.24) is 10.1 Å². The van der Waals surface area contributed by atoms with Gasteiger partial charge in [0.25, 0.3) is 5.95 Å². The first-order chi connectivity index (χ1) is 8.88. The second-order valence-corrected chi connectivity index (χ2v) is 4.82. The summed E-state index contributed by atoms with van der Waals surface area (Å²) in [6.07, 6.45) is 8.48. The summed E-state index contributed by atoms with van der Waals surface area (Å²) in [5, 5.41) is 7.02. The van der Waals surface area contributed by atoms with Crippen LogP contribution < -0.4 is 5.32 Å². The topological polar surface area (TPSA) is 60.2 Å². The summed E-state index contributed by atoms with van der Waals surface area (Å²) >= 11 is 0. The largest absolute Gasteiger partial charge is 0.378 e. The van der Waals surface area contributed by atoms with Crippen LogP contribution in [0.2, 0.25) is 0 Å². The van der Waals surface area contributed by atoms with Gasteiger partial charge in [0, 0.05) is 19.6 Å². The Balaban J connectivity index is 1.54. The van der Waals surface area contributed by atoms with Crippen molar-refractivity contribution in [2.24, 2.45) is 0 Å². The van der Waals surface area contributed by atoms with E-state index in [9.17, 15) is 0 Å². The lowest BCUT2D eigenvalue weighted by Gasteiger charge is -2.10. The summed E-state index contributed by atoms with van der Waals surface area (Å²) in [7, 11) is 0. The Hall–Kier alpha value is -1.10. The van der Waals surface area contributed by atoms with Gasteiger partial charge in [-0.3, -0.25) is 0 Å². The molecule has 1 saturated carbocycles. The average Bonchev–Trinajstić information content (AvgIpc) is 3.01. The molecule has 0 aliphatic heterocycles. The second-order valence-electron chi connectivity index (χ2n) is 4.82. The van der Waals surface area contributed by atoms with E-state index < -0.39 is 0 Å². The van der Waals surface area contributed by atoms with Gasteiger partial charge in [0.15, 0.2) is 0 Å². The molecule has 0 spiro atoms. The van der Waals surface area contributed by atoms with Gasteiger partial charge < -0.3 is 14.6 Å². The highest BCUT2D eigenvalue weighted by Gasteiger charge is 2.14. The first kappa shape index (κ1) is 13.3. The van der Waals surface area contributed by atoms with Crippen molar-refractivity contribution in [1.29, 1.82) is 0 Å². The fourth-order valence-electron chi connectivity index (χ4n) is 2.22. The van der Waals surface area contributed by atoms with Crippen LogP contribution >= 0.6 is 0 Å². The van der Waals surface area contributed by atoms with Crippen molar-refractivity contribution in [2.75, 3.05) is 18.5 Å². The second kappa shape index (κ2) is 7.36. The maximum absolute atomic E-state index is 5.78. The third kappa shape index (κ3) is 4.29. The van der Waals surface area contributed by atoms with Crippen molar-refractivity contribution in [3.63, 3.8) is 0 Å². The van der Waals surface area contributed by atoms with Gasteiger partial charge in [-0.25, -0.2) is 0 Å². The highest BCUT2D eigenvalue weighted by atomic mass is 16.5. The Morgan fingerprint density at radius 3 is 3.00 bits per heavy atom. The Bertz CT molecular complexity index is 335. The van der Waals surface area contributed by atoms with E-state index in [4.69, 9.17) is 9.26 Å². The fraction of sp³-hybridized carbons (Fsp3) is 0.846. The van der Waals surface area contributed by atoms with Crippen LogP contribution in [-0.4, -0.2) is 29.4 Å². The molecule has 0 atom stereocenters. The third-order valence-electron chi connectivity index (χ3n) is 3.19. The molecule has 0 amide bonds. The van der Waals surface area contributed by atoms with E-state index in [0.717, 1.165) is 32.4 Å². The van der Waals surface area contributed by atoms with Crippen LogP contribution in [0.4, 0.5) is 5.95 Å². The minimum atomic E-state index is 0.506. The number of hydrogen-bond acceptors (Lipinski definition) is 5. The summed E-state index contributed by atoms with van der Waals surface area (Å²) in [4.78, 5) is 4.25. The predicted octanol–water partition coefficient (Wildman–Crippen LogP) is 2.78. The molecule has 0 aromatic carbocycles. The van der Waals surface area contributed by atoms with Crippen molar-refractivity contribution in [2.45, 2.75) is 58.0 Å². The van der Waals surface area contributed by atoms with Gasteiger partial charge in [-0.15, -0.1) is 0 Å². The molecule has 1 aromatic heterocycles. The number of hydrogen-bond donors (Lipinski definition) is 1. The Kier molecular flexibility index (Phi) is 5.45. The molecule has 102 valence electrons. The van der Waals surface area contributed by atoms with E-state index in [1.807, 2.05) is 0 Å². The molecule has 1 aliphatic carbocycles. The van der Waals surface area contributed by atoms with Gasteiger partial charge in [-0.1, -0.05) is 19.8 Å². The molecule has 1 heterocycles. The van der Waals surface area contributed by atoms with Crippen molar-refractivity contribution >= 4 is 5.95 Å². The van der Waals surface area contributed by atoms with E-state index in [1.165, 1.54) is 25.7 Å². The van der Waals surface area contributed by atoms with E-state index in [-0.39, 0.29) is 0 Å². The normalized spacial score (nSPS) is 16.3. The summed E-state index contributed by atoms with van der Waals surface area (Å²) < 4.78 is 10.9. The number of aromatic nitrogens is 2. The molecule has 1 aromatic rings. The Morgan fingerprint density at radius 1 is 1.39 bits per heavy atom. The molecule has 0 radical (unpaired) electrons. The predicted molar refractivity (Wildman–Crippen MR) is 69.6 cm³/mol. The molecule has 1 aliphatic rings. The molecular formula is C13H23N3O2. The molecule has 5 nitrogen and oxygen atoms in total. The van der Waals surface area contributed by atoms with Crippen LogP contribution in [0.1, 0.15) is 51.3 Å². The average molecular weight is 253 g/mol. The van der Waals surface area contributed by atoms with Gasteiger partial charge >= 0.3 is 0 Å². The fourth-order valence-corrected chi connectivity index (χ4v) is 2.22. The molecule has 1 N–H and O–H groups in total. The highest BCUT2D eigenvalue weighted by Crippen LogP contribution is 2.20. The molecule has 1 fully saturated rings. The number of nitrogens with one attached hydrogen (secondary N) is 1. The van der Waals surface area contributed by atoms with Crippen LogP contribution in [0.3, 0.4) is 0 Å². The zero-order chi connectivity index (χ0) is 12.6. The Labute approximate surface area is 108 Å². The van der Waals surface area contributed by atoms with Crippen molar-refractivity contribution < 1.29 is 9.26 Å². The summed E-state index contributed by atoms with van der Waals surface area (Å²) in [6, 6.07) is 0. The Morgan fingerprint density at radius 2 is 2.22 bits per heavy atom. The van der Waals surface area contributed by atoms with Gasteiger partial charge in [0.2, 0.25) is 5.89 Å². The summed E-state index contributed by atoms with van der Waals surface area (Å²) in [6.45, 7) is 3.74. The van der Waals surface area contributed by atoms with Crippen LogP contribution in [0.25, 0.3) is 0 Å². The summed E-state index contributed by atoms with van der Waals surface area (Å²) in [5.41, 5.74) is 0. The number of aryl methyl sites for hydroxylation is 1. The van der Waals surface area contributed by atoms with Gasteiger partial charge in [0.05, 0.1) is 6.10 Å². The van der Waals surface area contributed by atoms with Crippen LogP contribution in [-0.2, 0) is 11.2 Å². The van der Waals surface area contributed by atoms with Gasteiger partial charge in [-0.2, -0.15) is 4.98 Å². The number of rotatable bonds is 8. The summed E-state index contributed by atoms with van der Waals surface area (Å²) in [5.74, 6) is 1.31. The zero-order valence-corrected chi connectivity index (χ0v) is 11.2. The quantitative estimate of drug-likeness (QED) is 0.722. The molecule has 0 saturated heterocycles. The lowest BCUT2D eigenvalue weighted by molar-refractivity contribution is 0.0583. The van der Waals surface area contributed by atoms with Crippen molar-refractivity contribution in [3.8, 4) is 0 Å². The van der Waals surface area contributed by atoms with Gasteiger partial charge in [0.1, 0.15) is 0 Å². The molecule has 0 unspecified atom stereocenters. The van der Waals surface area contributed by atoms with Crippen LogP contribution in [0.15, 0.2) is 4.52 Å².